The van der Waals surface area contributed by atoms with Crippen molar-refractivity contribution in [2.75, 3.05) is 0 Å². The van der Waals surface area contributed by atoms with Gasteiger partial charge in [0.2, 0.25) is 0 Å². The first kappa shape index (κ1) is 15.6. The van der Waals surface area contributed by atoms with Crippen molar-refractivity contribution in [3.63, 3.8) is 0 Å². The lowest BCUT2D eigenvalue weighted by atomic mass is 9.95. The summed E-state index contributed by atoms with van der Waals surface area (Å²) in [4.78, 5) is 16.1. The Hall–Kier alpha value is -1.75. The van der Waals surface area contributed by atoms with E-state index in [4.69, 9.17) is 0 Å². The highest BCUT2D eigenvalue weighted by atomic mass is 32.1. The molecule has 0 amide bonds. The molecule has 1 unspecified atom stereocenters. The summed E-state index contributed by atoms with van der Waals surface area (Å²) in [5.74, 6) is -0.784. The lowest BCUT2D eigenvalue weighted by molar-refractivity contribution is -0.138. The number of benzene rings is 1. The second-order valence-electron chi connectivity index (χ2n) is 6.23. The fourth-order valence-corrected chi connectivity index (χ4v) is 2.95. The summed E-state index contributed by atoms with van der Waals surface area (Å²) in [5, 5.41) is 10.1. The van der Waals surface area contributed by atoms with E-state index in [1.54, 1.807) is 0 Å². The SMILES string of the molecule is Cc1ccccc1CC(C(=O)O)c1nc(C(C)(C)C)ns1. The van der Waals surface area contributed by atoms with Crippen LogP contribution in [0.25, 0.3) is 0 Å². The molecule has 0 aliphatic carbocycles. The molecule has 5 heteroatoms. The second kappa shape index (κ2) is 5.93. The molecule has 1 aromatic heterocycles. The molecule has 0 saturated carbocycles. The van der Waals surface area contributed by atoms with Crippen LogP contribution in [0.4, 0.5) is 0 Å². The molecule has 4 nitrogen and oxygen atoms in total. The second-order valence-corrected chi connectivity index (χ2v) is 7.01. The number of carbonyl (C=O) groups is 1. The van der Waals surface area contributed by atoms with Crippen molar-refractivity contribution in [1.29, 1.82) is 0 Å². The van der Waals surface area contributed by atoms with Crippen LogP contribution in [0.1, 0.15) is 48.6 Å². The van der Waals surface area contributed by atoms with Crippen LogP contribution in [0.2, 0.25) is 0 Å². The first-order valence-electron chi connectivity index (χ1n) is 6.90. The Labute approximate surface area is 129 Å². The number of aliphatic carboxylic acids is 1. The highest BCUT2D eigenvalue weighted by Gasteiger charge is 2.28. The van der Waals surface area contributed by atoms with E-state index < -0.39 is 11.9 Å². The molecule has 1 atom stereocenters. The molecular formula is C16H20N2O2S. The summed E-state index contributed by atoms with van der Waals surface area (Å²) in [6.07, 6.45) is 0.445. The van der Waals surface area contributed by atoms with Crippen LogP contribution in [0, 0.1) is 6.92 Å². The molecule has 0 aliphatic rings. The number of hydrogen-bond donors (Lipinski definition) is 1. The number of nitrogens with zero attached hydrogens (tertiary/aromatic N) is 2. The quantitative estimate of drug-likeness (QED) is 0.938. The normalized spacial score (nSPS) is 13.1. The Bertz CT molecular complexity index is 644. The Balaban J connectivity index is 2.30. The fourth-order valence-electron chi connectivity index (χ4n) is 2.02. The molecule has 0 saturated heterocycles. The zero-order valence-electron chi connectivity index (χ0n) is 12.8. The average Bonchev–Trinajstić information content (AvgIpc) is 2.86. The summed E-state index contributed by atoms with van der Waals surface area (Å²) >= 11 is 1.20. The lowest BCUT2D eigenvalue weighted by Crippen LogP contribution is -2.17. The zero-order valence-corrected chi connectivity index (χ0v) is 13.6. The van der Waals surface area contributed by atoms with E-state index in [-0.39, 0.29) is 5.41 Å². The number of carboxylic acids is 1. The van der Waals surface area contributed by atoms with Crippen LogP contribution in [-0.2, 0) is 16.6 Å². The molecular weight excluding hydrogens is 284 g/mol. The van der Waals surface area contributed by atoms with Gasteiger partial charge in [-0.25, -0.2) is 4.98 Å². The molecule has 112 valence electrons. The first-order valence-corrected chi connectivity index (χ1v) is 7.68. The van der Waals surface area contributed by atoms with Crippen LogP contribution in [0.3, 0.4) is 0 Å². The summed E-state index contributed by atoms with van der Waals surface area (Å²) < 4.78 is 4.32. The topological polar surface area (TPSA) is 63.1 Å². The molecule has 0 fully saturated rings. The van der Waals surface area contributed by atoms with Gasteiger partial charge in [0, 0.05) is 5.41 Å². The van der Waals surface area contributed by atoms with Gasteiger partial charge in [0.15, 0.2) is 0 Å². The van der Waals surface area contributed by atoms with Gasteiger partial charge >= 0.3 is 5.97 Å². The molecule has 21 heavy (non-hydrogen) atoms. The van der Waals surface area contributed by atoms with Crippen molar-refractivity contribution in [3.8, 4) is 0 Å². The van der Waals surface area contributed by atoms with Crippen LogP contribution in [0.15, 0.2) is 24.3 Å². The number of aryl methyl sites for hydroxylation is 1. The zero-order chi connectivity index (χ0) is 15.6. The van der Waals surface area contributed by atoms with Gasteiger partial charge in [-0.1, -0.05) is 45.0 Å². The van der Waals surface area contributed by atoms with Gasteiger partial charge in [0.25, 0.3) is 0 Å². The highest BCUT2D eigenvalue weighted by molar-refractivity contribution is 7.05. The fraction of sp³-hybridized carbons (Fsp3) is 0.438. The Morgan fingerprint density at radius 2 is 2.00 bits per heavy atom. The molecule has 2 aromatic rings. The molecule has 0 spiro atoms. The third kappa shape index (κ3) is 3.67. The average molecular weight is 304 g/mol. The minimum Gasteiger partial charge on any atom is -0.481 e. The minimum atomic E-state index is -0.852. The third-order valence-corrected chi connectivity index (χ3v) is 4.22. The molecule has 1 aromatic carbocycles. The molecule has 0 radical (unpaired) electrons. The predicted molar refractivity (Wildman–Crippen MR) is 83.9 cm³/mol. The van der Waals surface area contributed by atoms with Gasteiger partial charge < -0.3 is 5.11 Å². The van der Waals surface area contributed by atoms with Crippen molar-refractivity contribution < 1.29 is 9.90 Å². The van der Waals surface area contributed by atoms with Crippen LogP contribution < -0.4 is 0 Å². The monoisotopic (exact) mass is 304 g/mol. The Kier molecular flexibility index (Phi) is 4.42. The van der Waals surface area contributed by atoms with E-state index in [2.05, 4.69) is 9.36 Å². The first-order chi connectivity index (χ1) is 9.79. The largest absolute Gasteiger partial charge is 0.481 e. The standard InChI is InChI=1S/C16H20N2O2S/c1-10-7-5-6-8-11(10)9-12(14(19)20)13-17-15(18-21-13)16(2,3)4/h5-8,12H,9H2,1-4H3,(H,19,20). The van der Waals surface area contributed by atoms with Gasteiger partial charge in [-0.15, -0.1) is 0 Å². The number of hydrogen-bond acceptors (Lipinski definition) is 4. The van der Waals surface area contributed by atoms with Crippen molar-refractivity contribution in [1.82, 2.24) is 9.36 Å². The maximum atomic E-state index is 11.6. The van der Waals surface area contributed by atoms with Crippen LogP contribution in [0.5, 0.6) is 0 Å². The van der Waals surface area contributed by atoms with Crippen LogP contribution in [-0.4, -0.2) is 20.4 Å². The molecule has 1 N–H and O–H groups in total. The molecule has 0 bridgehead atoms. The summed E-state index contributed by atoms with van der Waals surface area (Å²) in [7, 11) is 0. The third-order valence-electron chi connectivity index (χ3n) is 3.39. The van der Waals surface area contributed by atoms with Crippen molar-refractivity contribution in [3.05, 3.63) is 46.2 Å². The smallest absolute Gasteiger partial charge is 0.313 e. The maximum Gasteiger partial charge on any atom is 0.313 e. The summed E-state index contributed by atoms with van der Waals surface area (Å²) in [6, 6.07) is 7.85. The van der Waals surface area contributed by atoms with E-state index in [1.165, 1.54) is 11.5 Å². The van der Waals surface area contributed by atoms with E-state index in [0.717, 1.165) is 11.1 Å². The van der Waals surface area contributed by atoms with E-state index in [9.17, 15) is 9.90 Å². The highest BCUT2D eigenvalue weighted by Crippen LogP contribution is 2.28. The number of aromatic nitrogens is 2. The van der Waals surface area contributed by atoms with Crippen molar-refractivity contribution in [2.24, 2.45) is 0 Å². The van der Waals surface area contributed by atoms with Gasteiger partial charge in [-0.2, -0.15) is 4.37 Å². The summed E-state index contributed by atoms with van der Waals surface area (Å²) in [5.41, 5.74) is 1.97. The van der Waals surface area contributed by atoms with Crippen molar-refractivity contribution in [2.45, 2.75) is 45.4 Å². The van der Waals surface area contributed by atoms with Gasteiger partial charge in [0.1, 0.15) is 16.7 Å². The van der Waals surface area contributed by atoms with Crippen LogP contribution >= 0.6 is 11.5 Å². The summed E-state index contributed by atoms with van der Waals surface area (Å²) in [6.45, 7) is 8.07. The predicted octanol–water partition coefficient (Wildman–Crippen LogP) is 3.55. The molecule has 2 rings (SSSR count). The van der Waals surface area contributed by atoms with Gasteiger partial charge in [0.05, 0.1) is 0 Å². The minimum absolute atomic E-state index is 0.166. The number of carboxylic acid groups (broad SMARTS) is 1. The maximum absolute atomic E-state index is 11.6. The number of rotatable bonds is 4. The molecule has 1 heterocycles. The molecule has 0 aliphatic heterocycles. The van der Waals surface area contributed by atoms with Gasteiger partial charge in [-0.3, -0.25) is 4.79 Å². The Morgan fingerprint density at radius 3 is 2.52 bits per heavy atom. The van der Waals surface area contributed by atoms with Crippen molar-refractivity contribution >= 4 is 17.5 Å². The lowest BCUT2D eigenvalue weighted by Gasteiger charge is -2.13. The Morgan fingerprint density at radius 1 is 1.33 bits per heavy atom. The van der Waals surface area contributed by atoms with E-state index in [1.807, 2.05) is 52.0 Å². The van der Waals surface area contributed by atoms with Gasteiger partial charge in [-0.05, 0) is 36.0 Å². The van der Waals surface area contributed by atoms with E-state index in [0.29, 0.717) is 17.3 Å². The van der Waals surface area contributed by atoms with E-state index >= 15 is 0 Å².